The molecule has 3 rings (SSSR count). The number of aryl methyl sites for hydroxylation is 2. The number of nitrogens with one attached hydrogen (secondary N) is 1. The van der Waals surface area contributed by atoms with Gasteiger partial charge in [0.05, 0.1) is 14.3 Å². The Bertz CT molecular complexity index is 957. The number of nitrogens with zero attached hydrogens (tertiary/aromatic N) is 3. The fourth-order valence-electron chi connectivity index (χ4n) is 2.44. The van der Waals surface area contributed by atoms with Crippen LogP contribution in [0.15, 0.2) is 30.5 Å². The third-order valence-corrected chi connectivity index (χ3v) is 4.78. The van der Waals surface area contributed by atoms with Gasteiger partial charge in [0.25, 0.3) is 5.91 Å². The molecular weight excluding hydrogens is 455 g/mol. The number of aromatic nitrogens is 3. The minimum atomic E-state index is -0.713. The first-order valence-corrected chi connectivity index (χ1v) is 9.03. The summed E-state index contributed by atoms with van der Waals surface area (Å²) in [7, 11) is 1.77. The van der Waals surface area contributed by atoms with Crippen LogP contribution in [0.2, 0.25) is 5.02 Å². The molecule has 0 radical (unpaired) electrons. The molecule has 25 heavy (non-hydrogen) atoms. The zero-order valence-corrected chi connectivity index (χ0v) is 16.8. The summed E-state index contributed by atoms with van der Waals surface area (Å²) in [6.07, 6.45) is 0.959. The van der Waals surface area contributed by atoms with Crippen LogP contribution in [0.3, 0.4) is 0 Å². The molecule has 0 aliphatic carbocycles. The minimum absolute atomic E-state index is 0.266. The Balaban J connectivity index is 1.85. The van der Waals surface area contributed by atoms with Gasteiger partial charge in [0.2, 0.25) is 0 Å². The highest BCUT2D eigenvalue weighted by Crippen LogP contribution is 2.35. The monoisotopic (exact) mass is 470 g/mol. The van der Waals surface area contributed by atoms with Gasteiger partial charge in [0, 0.05) is 24.7 Å². The van der Waals surface area contributed by atoms with E-state index in [0.717, 1.165) is 14.7 Å². The van der Waals surface area contributed by atoms with Gasteiger partial charge in [-0.2, -0.15) is 5.10 Å². The van der Waals surface area contributed by atoms with Crippen molar-refractivity contribution < 1.29 is 9.53 Å². The molecule has 0 saturated carbocycles. The van der Waals surface area contributed by atoms with E-state index in [1.807, 2.05) is 19.1 Å². The molecule has 2 heterocycles. The number of amides is 1. The van der Waals surface area contributed by atoms with Crippen molar-refractivity contribution in [2.24, 2.45) is 7.05 Å². The van der Waals surface area contributed by atoms with Gasteiger partial charge in [-0.25, -0.2) is 0 Å². The van der Waals surface area contributed by atoms with Crippen LogP contribution in [-0.4, -0.2) is 26.8 Å². The van der Waals surface area contributed by atoms with Gasteiger partial charge < -0.3 is 10.1 Å². The molecule has 0 aliphatic heterocycles. The summed E-state index contributed by atoms with van der Waals surface area (Å²) in [5.74, 6) is 0.897. The summed E-state index contributed by atoms with van der Waals surface area (Å²) in [6, 6.07) is 7.28. The Morgan fingerprint density at radius 2 is 2.20 bits per heavy atom. The number of hydrogen-bond acceptors (Lipinski definition) is 4. The second kappa shape index (κ2) is 7.17. The van der Waals surface area contributed by atoms with Gasteiger partial charge >= 0.3 is 0 Å². The van der Waals surface area contributed by atoms with E-state index in [1.165, 1.54) is 0 Å². The van der Waals surface area contributed by atoms with Gasteiger partial charge in [-0.3, -0.25) is 14.5 Å². The van der Waals surface area contributed by atoms with E-state index >= 15 is 0 Å². The highest BCUT2D eigenvalue weighted by atomic mass is 127. The maximum Gasteiger partial charge on any atom is 0.266 e. The number of hydrogen-bond donors (Lipinski definition) is 1. The van der Waals surface area contributed by atoms with Crippen molar-refractivity contribution in [2.45, 2.75) is 20.0 Å². The van der Waals surface area contributed by atoms with Crippen LogP contribution >= 0.6 is 34.2 Å². The van der Waals surface area contributed by atoms with E-state index in [4.69, 9.17) is 16.3 Å². The van der Waals surface area contributed by atoms with Crippen LogP contribution in [0, 0.1) is 10.5 Å². The maximum atomic E-state index is 12.5. The first kappa shape index (κ1) is 17.9. The fraction of sp³-hybridized carbons (Fsp3) is 0.235. The summed E-state index contributed by atoms with van der Waals surface area (Å²) in [5, 5.41) is 8.41. The quantitative estimate of drug-likeness (QED) is 0.587. The Labute approximate surface area is 163 Å². The van der Waals surface area contributed by atoms with Crippen LogP contribution in [0.4, 0.5) is 5.82 Å². The topological polar surface area (TPSA) is 69.0 Å². The smallest absolute Gasteiger partial charge is 0.266 e. The van der Waals surface area contributed by atoms with Crippen molar-refractivity contribution >= 4 is 56.8 Å². The van der Waals surface area contributed by atoms with E-state index in [-0.39, 0.29) is 5.91 Å². The van der Waals surface area contributed by atoms with Crippen LogP contribution in [-0.2, 0) is 11.8 Å². The van der Waals surface area contributed by atoms with Crippen molar-refractivity contribution in [3.63, 3.8) is 0 Å². The lowest BCUT2D eigenvalue weighted by Gasteiger charge is -2.17. The second-order valence-electron chi connectivity index (χ2n) is 5.61. The lowest BCUT2D eigenvalue weighted by atomic mass is 10.2. The molecule has 2 aromatic heterocycles. The molecule has 0 aliphatic rings. The van der Waals surface area contributed by atoms with Crippen molar-refractivity contribution in [2.75, 3.05) is 5.32 Å². The molecule has 1 amide bonds. The lowest BCUT2D eigenvalue weighted by Crippen LogP contribution is -2.31. The van der Waals surface area contributed by atoms with Crippen molar-refractivity contribution in [1.29, 1.82) is 0 Å². The van der Waals surface area contributed by atoms with E-state index in [0.29, 0.717) is 22.1 Å². The van der Waals surface area contributed by atoms with Crippen LogP contribution < -0.4 is 10.1 Å². The number of anilines is 1. The number of fused-ring (bicyclic) bond motifs is 1. The third-order valence-electron chi connectivity index (χ3n) is 3.67. The van der Waals surface area contributed by atoms with Crippen molar-refractivity contribution in [3.05, 3.63) is 44.7 Å². The van der Waals surface area contributed by atoms with Crippen LogP contribution in [0.1, 0.15) is 12.6 Å². The van der Waals surface area contributed by atoms with Gasteiger partial charge in [0.1, 0.15) is 11.3 Å². The molecule has 1 aromatic carbocycles. The molecule has 1 atom stereocenters. The Morgan fingerprint density at radius 1 is 1.44 bits per heavy atom. The van der Waals surface area contributed by atoms with Gasteiger partial charge in [-0.1, -0.05) is 11.6 Å². The Kier molecular flexibility index (Phi) is 5.14. The molecule has 130 valence electrons. The number of ether oxygens (including phenoxy) is 1. The molecule has 0 spiro atoms. The molecule has 6 nitrogen and oxygen atoms in total. The van der Waals surface area contributed by atoms with Crippen LogP contribution in [0.5, 0.6) is 5.75 Å². The average molecular weight is 471 g/mol. The number of pyridine rings is 1. The van der Waals surface area contributed by atoms with E-state index < -0.39 is 6.10 Å². The number of carbonyl (C=O) groups is 1. The number of carbonyl (C=O) groups excluding carboxylic acids is 1. The predicted molar refractivity (Wildman–Crippen MR) is 106 cm³/mol. The number of benzene rings is 1. The number of rotatable bonds is 4. The van der Waals surface area contributed by atoms with Gasteiger partial charge in [-0.15, -0.1) is 0 Å². The summed E-state index contributed by atoms with van der Waals surface area (Å²) in [4.78, 5) is 16.8. The predicted octanol–water partition coefficient (Wildman–Crippen LogP) is 3.94. The third kappa shape index (κ3) is 3.72. The fourth-order valence-corrected chi connectivity index (χ4v) is 3.58. The molecule has 0 fully saturated rings. The highest BCUT2D eigenvalue weighted by molar-refractivity contribution is 14.1. The maximum absolute atomic E-state index is 12.5. The zero-order chi connectivity index (χ0) is 18.1. The van der Waals surface area contributed by atoms with E-state index in [9.17, 15) is 4.79 Å². The average Bonchev–Trinajstić information content (AvgIpc) is 2.88. The van der Waals surface area contributed by atoms with Crippen LogP contribution in [0.25, 0.3) is 10.9 Å². The van der Waals surface area contributed by atoms with E-state index in [1.54, 1.807) is 37.0 Å². The van der Waals surface area contributed by atoms with Crippen molar-refractivity contribution in [1.82, 2.24) is 14.8 Å². The second-order valence-corrected chi connectivity index (χ2v) is 7.18. The Hall–Kier alpha value is -1.87. The first-order chi connectivity index (χ1) is 11.9. The standard InChI is InChI=1S/C17H16ClIN4O2/c1-9-7-14(23(3)22-9)21-17(24)10(2)25-16-13(19)8-12(18)11-5-4-6-20-15(11)16/h4-8,10H,1-3H3,(H,21,24). The summed E-state index contributed by atoms with van der Waals surface area (Å²) in [6.45, 7) is 3.56. The molecule has 3 aromatic rings. The molecule has 0 saturated heterocycles. The lowest BCUT2D eigenvalue weighted by molar-refractivity contribution is -0.122. The number of halogens is 2. The largest absolute Gasteiger partial charge is 0.477 e. The molecule has 8 heteroatoms. The molecule has 1 unspecified atom stereocenters. The van der Waals surface area contributed by atoms with Crippen molar-refractivity contribution in [3.8, 4) is 5.75 Å². The molecule has 1 N–H and O–H groups in total. The van der Waals surface area contributed by atoms with Gasteiger partial charge in [0.15, 0.2) is 11.9 Å². The Morgan fingerprint density at radius 3 is 2.88 bits per heavy atom. The minimum Gasteiger partial charge on any atom is -0.477 e. The summed E-state index contributed by atoms with van der Waals surface area (Å²) >= 11 is 8.40. The SMILES string of the molecule is Cc1cc(NC(=O)C(C)Oc2c(I)cc(Cl)c3cccnc23)n(C)n1. The molecule has 0 bridgehead atoms. The molecular formula is C17H16ClIN4O2. The summed E-state index contributed by atoms with van der Waals surface area (Å²) < 4.78 is 8.33. The first-order valence-electron chi connectivity index (χ1n) is 7.57. The van der Waals surface area contributed by atoms with E-state index in [2.05, 4.69) is 38.0 Å². The van der Waals surface area contributed by atoms with Gasteiger partial charge in [-0.05, 0) is 54.6 Å². The zero-order valence-electron chi connectivity index (χ0n) is 13.9. The summed E-state index contributed by atoms with van der Waals surface area (Å²) in [5.41, 5.74) is 1.46. The highest BCUT2D eigenvalue weighted by Gasteiger charge is 2.20. The normalized spacial score (nSPS) is 12.2.